The van der Waals surface area contributed by atoms with Crippen molar-refractivity contribution < 1.29 is 9.53 Å². The molecule has 1 fully saturated rings. The first-order valence-electron chi connectivity index (χ1n) is 7.95. The van der Waals surface area contributed by atoms with E-state index in [4.69, 9.17) is 4.74 Å². The Kier molecular flexibility index (Phi) is 5.79. The van der Waals surface area contributed by atoms with E-state index in [2.05, 4.69) is 35.1 Å². The van der Waals surface area contributed by atoms with Crippen LogP contribution in [0.4, 0.5) is 0 Å². The molecular formula is C16H27N3O2. The molecule has 1 aliphatic rings. The Balaban J connectivity index is 1.89. The average molecular weight is 293 g/mol. The molecule has 0 spiro atoms. The summed E-state index contributed by atoms with van der Waals surface area (Å²) >= 11 is 0. The number of aromatic nitrogens is 2. The monoisotopic (exact) mass is 293 g/mol. The molecule has 1 aliphatic carbocycles. The highest BCUT2D eigenvalue weighted by Gasteiger charge is 2.21. The van der Waals surface area contributed by atoms with Crippen LogP contribution in [0.5, 0.6) is 0 Å². The zero-order chi connectivity index (χ0) is 15.2. The number of hydrogen-bond acceptors (Lipinski definition) is 4. The number of hydrogen-bond donors (Lipinski definition) is 1. The molecule has 1 aromatic heterocycles. The number of carbonyl (C=O) groups is 1. The summed E-state index contributed by atoms with van der Waals surface area (Å²) < 4.78 is 6.94. The third-order valence-electron chi connectivity index (χ3n) is 4.08. The first kappa shape index (κ1) is 16.0. The van der Waals surface area contributed by atoms with E-state index in [1.165, 1.54) is 32.8 Å². The van der Waals surface area contributed by atoms with Crippen LogP contribution < -0.4 is 5.32 Å². The van der Waals surface area contributed by atoms with Gasteiger partial charge in [0.25, 0.3) is 0 Å². The number of rotatable bonds is 7. The van der Waals surface area contributed by atoms with Crippen LogP contribution >= 0.6 is 0 Å². The van der Waals surface area contributed by atoms with E-state index in [0.29, 0.717) is 18.5 Å². The zero-order valence-electron chi connectivity index (χ0n) is 13.3. The van der Waals surface area contributed by atoms with E-state index < -0.39 is 0 Å². The maximum Gasteiger partial charge on any atom is 0.322 e. The quantitative estimate of drug-likeness (QED) is 0.785. The minimum Gasteiger partial charge on any atom is -0.468 e. The summed E-state index contributed by atoms with van der Waals surface area (Å²) in [7, 11) is 1.44. The number of nitrogens with one attached hydrogen (secondary N) is 1. The minimum absolute atomic E-state index is 0.195. The fourth-order valence-electron chi connectivity index (χ4n) is 2.95. The molecule has 1 atom stereocenters. The molecule has 0 aromatic carbocycles. The molecule has 0 bridgehead atoms. The maximum absolute atomic E-state index is 11.8. The van der Waals surface area contributed by atoms with Gasteiger partial charge in [0.1, 0.15) is 6.04 Å². The topological polar surface area (TPSA) is 56.1 Å². The van der Waals surface area contributed by atoms with Gasteiger partial charge >= 0.3 is 5.97 Å². The Morgan fingerprint density at radius 2 is 2.19 bits per heavy atom. The lowest BCUT2D eigenvalue weighted by molar-refractivity contribution is -0.143. The summed E-state index contributed by atoms with van der Waals surface area (Å²) in [4.78, 5) is 11.8. The lowest BCUT2D eigenvalue weighted by Crippen LogP contribution is -2.38. The van der Waals surface area contributed by atoms with Crippen molar-refractivity contribution in [3.8, 4) is 0 Å². The maximum atomic E-state index is 11.8. The highest BCUT2D eigenvalue weighted by molar-refractivity contribution is 5.75. The van der Waals surface area contributed by atoms with Gasteiger partial charge in [0, 0.05) is 12.7 Å². The summed E-state index contributed by atoms with van der Waals surface area (Å²) in [5, 5.41) is 7.90. The summed E-state index contributed by atoms with van der Waals surface area (Å²) in [6.07, 6.45) is 7.89. The van der Waals surface area contributed by atoms with Crippen LogP contribution in [0.25, 0.3) is 0 Å². The molecule has 0 saturated heterocycles. The zero-order valence-corrected chi connectivity index (χ0v) is 13.3. The van der Waals surface area contributed by atoms with Crippen LogP contribution in [0, 0.1) is 5.92 Å². The van der Waals surface area contributed by atoms with Crippen LogP contribution in [0.3, 0.4) is 0 Å². The van der Waals surface area contributed by atoms with Gasteiger partial charge in [0.2, 0.25) is 0 Å². The fourth-order valence-corrected chi connectivity index (χ4v) is 2.95. The molecule has 1 N–H and O–H groups in total. The highest BCUT2D eigenvalue weighted by Crippen LogP contribution is 2.28. The molecule has 1 unspecified atom stereocenters. The fraction of sp³-hybridized carbons (Fsp3) is 0.750. The van der Waals surface area contributed by atoms with Crippen molar-refractivity contribution in [2.45, 2.75) is 64.6 Å². The van der Waals surface area contributed by atoms with E-state index >= 15 is 0 Å². The lowest BCUT2D eigenvalue weighted by atomic mass is 10.0. The lowest BCUT2D eigenvalue weighted by Gasteiger charge is -2.17. The smallest absolute Gasteiger partial charge is 0.322 e. The molecule has 0 radical (unpaired) electrons. The van der Waals surface area contributed by atoms with Gasteiger partial charge in [-0.25, -0.2) is 0 Å². The van der Waals surface area contributed by atoms with Gasteiger partial charge < -0.3 is 4.74 Å². The summed E-state index contributed by atoms with van der Waals surface area (Å²) in [5.74, 6) is 0.247. The molecule has 5 heteroatoms. The van der Waals surface area contributed by atoms with Crippen molar-refractivity contribution in [1.29, 1.82) is 0 Å². The van der Waals surface area contributed by atoms with Crippen LogP contribution in [0.1, 0.15) is 57.7 Å². The second-order valence-electron chi connectivity index (χ2n) is 6.31. The van der Waals surface area contributed by atoms with Crippen molar-refractivity contribution in [1.82, 2.24) is 15.1 Å². The largest absolute Gasteiger partial charge is 0.468 e. The van der Waals surface area contributed by atoms with Gasteiger partial charge in [-0.2, -0.15) is 5.10 Å². The number of methoxy groups -OCH3 is 1. The van der Waals surface area contributed by atoms with Gasteiger partial charge in [-0.15, -0.1) is 0 Å². The predicted molar refractivity (Wildman–Crippen MR) is 81.8 cm³/mol. The molecular weight excluding hydrogens is 266 g/mol. The molecule has 1 aromatic rings. The first-order valence-corrected chi connectivity index (χ1v) is 7.95. The summed E-state index contributed by atoms with van der Waals surface area (Å²) in [5.41, 5.74) is 0.986. The van der Waals surface area contributed by atoms with Crippen LogP contribution in [0.2, 0.25) is 0 Å². The van der Waals surface area contributed by atoms with Gasteiger partial charge in [0.15, 0.2) is 0 Å². The van der Waals surface area contributed by atoms with Gasteiger partial charge in [-0.3, -0.25) is 14.8 Å². The van der Waals surface area contributed by atoms with Gasteiger partial charge in [-0.1, -0.05) is 26.7 Å². The van der Waals surface area contributed by atoms with Crippen molar-refractivity contribution in [2.24, 2.45) is 5.92 Å². The van der Waals surface area contributed by atoms with E-state index in [1.807, 2.05) is 6.07 Å². The summed E-state index contributed by atoms with van der Waals surface area (Å²) in [6.45, 7) is 4.81. The summed E-state index contributed by atoms with van der Waals surface area (Å²) in [6, 6.07) is 2.34. The van der Waals surface area contributed by atoms with Crippen molar-refractivity contribution in [3.63, 3.8) is 0 Å². The van der Waals surface area contributed by atoms with E-state index in [-0.39, 0.29) is 12.0 Å². The van der Waals surface area contributed by atoms with E-state index in [0.717, 1.165) is 12.1 Å². The minimum atomic E-state index is -0.258. The first-order chi connectivity index (χ1) is 10.1. The van der Waals surface area contributed by atoms with Gasteiger partial charge in [-0.05, 0) is 31.2 Å². The Bertz CT molecular complexity index is 450. The molecule has 0 amide bonds. The Labute approximate surface area is 127 Å². The van der Waals surface area contributed by atoms with Crippen molar-refractivity contribution in [2.75, 3.05) is 7.11 Å². The Morgan fingerprint density at radius 3 is 2.81 bits per heavy atom. The molecule has 21 heavy (non-hydrogen) atoms. The molecule has 1 heterocycles. The van der Waals surface area contributed by atoms with Crippen LogP contribution in [0.15, 0.2) is 12.3 Å². The third kappa shape index (κ3) is 4.56. The standard InChI is InChI=1S/C16H27N3O2/c1-12(2)10-15(16(20)21-3)17-11-13-8-9-19(18-13)14-6-4-5-7-14/h8-9,12,14-15,17H,4-7,10-11H2,1-3H3. The molecule has 1 saturated carbocycles. The van der Waals surface area contributed by atoms with Crippen molar-refractivity contribution >= 4 is 5.97 Å². The van der Waals surface area contributed by atoms with Gasteiger partial charge in [0.05, 0.1) is 18.8 Å². The second-order valence-corrected chi connectivity index (χ2v) is 6.31. The number of esters is 1. The SMILES string of the molecule is COC(=O)C(CC(C)C)NCc1ccn(C2CCCC2)n1. The molecule has 2 rings (SSSR count). The number of carbonyl (C=O) groups excluding carboxylic acids is 1. The van der Waals surface area contributed by atoms with Crippen LogP contribution in [-0.2, 0) is 16.1 Å². The number of ether oxygens (including phenoxy) is 1. The Hall–Kier alpha value is -1.36. The Morgan fingerprint density at radius 1 is 1.48 bits per heavy atom. The molecule has 5 nitrogen and oxygen atoms in total. The normalized spacial score (nSPS) is 17.3. The number of nitrogens with zero attached hydrogens (tertiary/aromatic N) is 2. The van der Waals surface area contributed by atoms with Crippen LogP contribution in [-0.4, -0.2) is 28.9 Å². The average Bonchev–Trinajstić information content (AvgIpc) is 3.12. The van der Waals surface area contributed by atoms with E-state index in [9.17, 15) is 4.79 Å². The van der Waals surface area contributed by atoms with E-state index in [1.54, 1.807) is 0 Å². The third-order valence-corrected chi connectivity index (χ3v) is 4.08. The molecule has 0 aliphatic heterocycles. The van der Waals surface area contributed by atoms with Crippen molar-refractivity contribution in [3.05, 3.63) is 18.0 Å². The molecule has 118 valence electrons. The highest BCUT2D eigenvalue weighted by atomic mass is 16.5. The predicted octanol–water partition coefficient (Wildman–Crippen LogP) is 2.68. The second kappa shape index (κ2) is 7.59.